The summed E-state index contributed by atoms with van der Waals surface area (Å²) in [4.78, 5) is 11.6. The normalized spacial score (nSPS) is 21.8. The van der Waals surface area contributed by atoms with Gasteiger partial charge in [0.25, 0.3) is 0 Å². The smallest absolute Gasteiger partial charge is 0.224 e. The second-order valence-corrected chi connectivity index (χ2v) is 4.56. The van der Waals surface area contributed by atoms with Gasteiger partial charge >= 0.3 is 0 Å². The van der Waals surface area contributed by atoms with E-state index in [2.05, 4.69) is 10.6 Å². The van der Waals surface area contributed by atoms with Crippen molar-refractivity contribution in [3.63, 3.8) is 0 Å². The molecule has 0 spiro atoms. The lowest BCUT2D eigenvalue weighted by molar-refractivity contribution is -0.120. The molecule has 106 valence electrons. The number of rotatable bonds is 4. The molecule has 2 rings (SSSR count). The minimum Gasteiger partial charge on any atom is -0.391 e. The van der Waals surface area contributed by atoms with E-state index in [-0.39, 0.29) is 36.5 Å². The van der Waals surface area contributed by atoms with Gasteiger partial charge in [-0.3, -0.25) is 4.79 Å². The van der Waals surface area contributed by atoms with Crippen molar-refractivity contribution in [1.29, 1.82) is 0 Å². The van der Waals surface area contributed by atoms with Crippen molar-refractivity contribution in [1.82, 2.24) is 10.6 Å². The minimum atomic E-state index is -0.418. The molecule has 1 saturated heterocycles. The average Bonchev–Trinajstić information content (AvgIpc) is 2.75. The van der Waals surface area contributed by atoms with Crippen LogP contribution >= 0.6 is 12.4 Å². The highest BCUT2D eigenvalue weighted by molar-refractivity contribution is 5.85. The van der Waals surface area contributed by atoms with Gasteiger partial charge in [0.2, 0.25) is 5.91 Å². The Morgan fingerprint density at radius 2 is 2.16 bits per heavy atom. The Kier molecular flexibility index (Phi) is 6.21. The van der Waals surface area contributed by atoms with Crippen molar-refractivity contribution in [2.45, 2.75) is 12.5 Å². The standard InChI is InChI=1S/C13H17FN2O2.ClH/c14-11-4-2-1-3-9(11)5-13(18)16-7-10-6-15-8-12(10)17;/h1-4,10,12,15,17H,5-8H2,(H,16,18);1H. The van der Waals surface area contributed by atoms with E-state index < -0.39 is 6.10 Å². The Morgan fingerprint density at radius 3 is 2.79 bits per heavy atom. The zero-order valence-corrected chi connectivity index (χ0v) is 11.3. The molecular weight excluding hydrogens is 271 g/mol. The number of halogens is 2. The van der Waals surface area contributed by atoms with Gasteiger partial charge in [0.05, 0.1) is 12.5 Å². The quantitative estimate of drug-likeness (QED) is 0.755. The number of aliphatic hydroxyl groups is 1. The molecule has 4 nitrogen and oxygen atoms in total. The predicted octanol–water partition coefficient (Wildman–Crippen LogP) is 0.486. The number of hydrogen-bond donors (Lipinski definition) is 3. The van der Waals surface area contributed by atoms with Crippen molar-refractivity contribution in [2.24, 2.45) is 5.92 Å². The number of benzene rings is 1. The Hall–Kier alpha value is -1.17. The second-order valence-electron chi connectivity index (χ2n) is 4.56. The summed E-state index contributed by atoms with van der Waals surface area (Å²) >= 11 is 0. The first kappa shape index (κ1) is 15.9. The summed E-state index contributed by atoms with van der Waals surface area (Å²) in [6, 6.07) is 6.24. The third-order valence-corrected chi connectivity index (χ3v) is 3.17. The van der Waals surface area contributed by atoms with Gasteiger partial charge in [-0.25, -0.2) is 4.39 Å². The number of aliphatic hydroxyl groups excluding tert-OH is 1. The predicted molar refractivity (Wildman–Crippen MR) is 72.7 cm³/mol. The first-order valence-corrected chi connectivity index (χ1v) is 6.05. The maximum Gasteiger partial charge on any atom is 0.224 e. The third-order valence-electron chi connectivity index (χ3n) is 3.17. The van der Waals surface area contributed by atoms with E-state index in [4.69, 9.17) is 0 Å². The molecule has 1 aliphatic heterocycles. The molecule has 0 saturated carbocycles. The van der Waals surface area contributed by atoms with Crippen LogP contribution < -0.4 is 10.6 Å². The molecule has 0 aliphatic carbocycles. The zero-order chi connectivity index (χ0) is 13.0. The summed E-state index contributed by atoms with van der Waals surface area (Å²) in [6.45, 7) is 1.68. The first-order valence-electron chi connectivity index (χ1n) is 6.05. The van der Waals surface area contributed by atoms with Crippen LogP contribution in [0.1, 0.15) is 5.56 Å². The van der Waals surface area contributed by atoms with Crippen molar-refractivity contribution in [2.75, 3.05) is 19.6 Å². The van der Waals surface area contributed by atoms with E-state index in [1.54, 1.807) is 18.2 Å². The molecular formula is C13H18ClFN2O2. The van der Waals surface area contributed by atoms with E-state index in [9.17, 15) is 14.3 Å². The molecule has 0 aromatic heterocycles. The van der Waals surface area contributed by atoms with E-state index in [0.717, 1.165) is 0 Å². The highest BCUT2D eigenvalue weighted by Gasteiger charge is 2.24. The molecule has 2 atom stereocenters. The minimum absolute atomic E-state index is 0. The molecule has 1 aliphatic rings. The monoisotopic (exact) mass is 288 g/mol. The lowest BCUT2D eigenvalue weighted by atomic mass is 10.1. The molecule has 1 aromatic rings. The summed E-state index contributed by atoms with van der Waals surface area (Å²) in [5.41, 5.74) is 0.389. The first-order chi connectivity index (χ1) is 8.66. The van der Waals surface area contributed by atoms with Crippen LogP contribution in [0.2, 0.25) is 0 Å². The van der Waals surface area contributed by atoms with Crippen molar-refractivity contribution < 1.29 is 14.3 Å². The van der Waals surface area contributed by atoms with E-state index >= 15 is 0 Å². The van der Waals surface area contributed by atoms with Crippen LogP contribution in [-0.2, 0) is 11.2 Å². The molecule has 1 heterocycles. The maximum absolute atomic E-state index is 13.3. The lowest BCUT2D eigenvalue weighted by Crippen LogP contribution is -2.35. The van der Waals surface area contributed by atoms with Gasteiger partial charge in [-0.05, 0) is 11.6 Å². The van der Waals surface area contributed by atoms with E-state index in [0.29, 0.717) is 25.2 Å². The number of carbonyl (C=O) groups is 1. The number of carbonyl (C=O) groups excluding carboxylic acids is 1. The summed E-state index contributed by atoms with van der Waals surface area (Å²) in [7, 11) is 0. The second kappa shape index (κ2) is 7.43. The van der Waals surface area contributed by atoms with Crippen molar-refractivity contribution in [3.8, 4) is 0 Å². The van der Waals surface area contributed by atoms with Crippen molar-refractivity contribution >= 4 is 18.3 Å². The summed E-state index contributed by atoms with van der Waals surface area (Å²) in [5, 5.41) is 15.3. The average molecular weight is 289 g/mol. The van der Waals surface area contributed by atoms with Crippen LogP contribution in [0, 0.1) is 11.7 Å². The highest BCUT2D eigenvalue weighted by atomic mass is 35.5. The summed E-state index contributed by atoms with van der Waals surface area (Å²) in [6.07, 6.45) is -0.387. The van der Waals surface area contributed by atoms with Gasteiger partial charge in [-0.1, -0.05) is 18.2 Å². The van der Waals surface area contributed by atoms with Gasteiger partial charge < -0.3 is 15.7 Å². The van der Waals surface area contributed by atoms with Crippen LogP contribution in [0.4, 0.5) is 4.39 Å². The Labute approximate surface area is 117 Å². The lowest BCUT2D eigenvalue weighted by Gasteiger charge is -2.14. The van der Waals surface area contributed by atoms with Crippen LogP contribution in [0.25, 0.3) is 0 Å². The van der Waals surface area contributed by atoms with E-state index in [1.807, 2.05) is 0 Å². The number of β-amino-alcohol motifs (C(OH)–C–C–N with tert-alkyl or cyclic N) is 1. The fraction of sp³-hybridized carbons (Fsp3) is 0.462. The van der Waals surface area contributed by atoms with Gasteiger partial charge in [0, 0.05) is 25.6 Å². The van der Waals surface area contributed by atoms with Gasteiger partial charge in [-0.15, -0.1) is 12.4 Å². The topological polar surface area (TPSA) is 61.4 Å². The van der Waals surface area contributed by atoms with Gasteiger partial charge in [0.1, 0.15) is 5.82 Å². The molecule has 19 heavy (non-hydrogen) atoms. The fourth-order valence-corrected chi connectivity index (χ4v) is 2.05. The molecule has 1 amide bonds. The molecule has 1 aromatic carbocycles. The molecule has 0 radical (unpaired) electrons. The molecule has 0 bridgehead atoms. The largest absolute Gasteiger partial charge is 0.391 e. The van der Waals surface area contributed by atoms with Crippen LogP contribution in [0.5, 0.6) is 0 Å². The Morgan fingerprint density at radius 1 is 1.42 bits per heavy atom. The number of nitrogens with one attached hydrogen (secondary N) is 2. The number of hydrogen-bond acceptors (Lipinski definition) is 3. The molecule has 3 N–H and O–H groups in total. The molecule has 6 heteroatoms. The Balaban J connectivity index is 0.00000180. The summed E-state index contributed by atoms with van der Waals surface area (Å²) in [5.74, 6) is -0.552. The Bertz CT molecular complexity index is 431. The summed E-state index contributed by atoms with van der Waals surface area (Å²) < 4.78 is 13.3. The van der Waals surface area contributed by atoms with Crippen molar-refractivity contribution in [3.05, 3.63) is 35.6 Å². The third kappa shape index (κ3) is 4.45. The van der Waals surface area contributed by atoms with Crippen LogP contribution in [0.3, 0.4) is 0 Å². The maximum atomic E-state index is 13.3. The van der Waals surface area contributed by atoms with Gasteiger partial charge in [-0.2, -0.15) is 0 Å². The number of amides is 1. The van der Waals surface area contributed by atoms with Gasteiger partial charge in [0.15, 0.2) is 0 Å². The fourth-order valence-electron chi connectivity index (χ4n) is 2.05. The van der Waals surface area contributed by atoms with Crippen LogP contribution in [-0.4, -0.2) is 36.8 Å². The zero-order valence-electron chi connectivity index (χ0n) is 10.4. The SMILES string of the molecule is Cl.O=C(Cc1ccccc1F)NCC1CNCC1O. The van der Waals surface area contributed by atoms with Crippen LogP contribution in [0.15, 0.2) is 24.3 Å². The molecule has 2 unspecified atom stereocenters. The molecule has 1 fully saturated rings. The highest BCUT2D eigenvalue weighted by Crippen LogP contribution is 2.09. The van der Waals surface area contributed by atoms with E-state index in [1.165, 1.54) is 6.07 Å².